The summed E-state index contributed by atoms with van der Waals surface area (Å²) < 4.78 is 1.82. The van der Waals surface area contributed by atoms with Gasteiger partial charge in [-0.25, -0.2) is 0 Å². The van der Waals surface area contributed by atoms with Gasteiger partial charge < -0.3 is 0 Å². The fraction of sp³-hybridized carbons (Fsp3) is 0.333. The van der Waals surface area contributed by atoms with Crippen LogP contribution in [0.1, 0.15) is 47.2 Å². The van der Waals surface area contributed by atoms with E-state index in [0.29, 0.717) is 4.76 Å². The minimum atomic E-state index is -0.0354. The van der Waals surface area contributed by atoms with Gasteiger partial charge in [-0.1, -0.05) is 0 Å². The van der Waals surface area contributed by atoms with Crippen molar-refractivity contribution < 1.29 is 17.1 Å². The average molecular weight is 518 g/mol. The van der Waals surface area contributed by atoms with Crippen molar-refractivity contribution in [2.75, 3.05) is 9.80 Å². The Kier molecular flexibility index (Phi) is 6.16. The Balaban J connectivity index is 1.92. The summed E-state index contributed by atoms with van der Waals surface area (Å²) in [4.78, 5) is 5.27. The maximum absolute atomic E-state index is 2.64. The third-order valence-corrected chi connectivity index (χ3v) is 9.97. The quantitative estimate of drug-likeness (QED) is 0.349. The van der Waals surface area contributed by atoms with E-state index in [4.69, 9.17) is 0 Å². The van der Waals surface area contributed by atoms with Crippen LogP contribution < -0.4 is 13.3 Å². The molecule has 3 aromatic rings. The van der Waals surface area contributed by atoms with Gasteiger partial charge in [0, 0.05) is 0 Å². The van der Waals surface area contributed by atoms with Crippen molar-refractivity contribution in [2.24, 2.45) is 0 Å². The van der Waals surface area contributed by atoms with E-state index in [1.54, 1.807) is 0 Å². The van der Waals surface area contributed by atoms with E-state index in [9.17, 15) is 0 Å². The van der Waals surface area contributed by atoms with Crippen LogP contribution in [0.25, 0.3) is 0 Å². The predicted octanol–water partition coefficient (Wildman–Crippen LogP) is 6.87. The van der Waals surface area contributed by atoms with Crippen LogP contribution in [0.3, 0.4) is 0 Å². The van der Waals surface area contributed by atoms with Crippen LogP contribution in [0.2, 0.25) is 0 Å². The molecule has 0 saturated carbocycles. The standard InChI is InChI=1S/C23H29N2.C4H3S.Ru/c1-14-9-16(3)22(17(4)10-14)24-13-25(21(8)20(24)7)23-18(5)11-15(2)12-19(23)6;1-2-4-5-3-1;/h9-13H,1-8H3;1-3H;. The van der Waals surface area contributed by atoms with Crippen LogP contribution in [-0.4, -0.2) is 4.76 Å². The minimum absolute atomic E-state index is 0.0354. The summed E-state index contributed by atoms with van der Waals surface area (Å²) in [6.07, 6.45) is 0. The molecular formula is C27H32N2RuS. The van der Waals surface area contributed by atoms with Crippen molar-refractivity contribution in [1.29, 1.82) is 0 Å². The first-order valence-corrected chi connectivity index (χ1v) is 13.5. The number of allylic oxidation sites excluding steroid dienone is 2. The number of hydrogen-bond acceptors (Lipinski definition) is 3. The molecule has 0 bridgehead atoms. The molecule has 0 aliphatic carbocycles. The van der Waals surface area contributed by atoms with Gasteiger partial charge >= 0.3 is 200 Å². The molecule has 0 unspecified atom stereocenters. The molecule has 164 valence electrons. The summed E-state index contributed by atoms with van der Waals surface area (Å²) in [5.41, 5.74) is 13.6. The number of nitrogens with zero attached hydrogens (tertiary/aromatic N) is 2. The fourth-order valence-corrected chi connectivity index (χ4v) is 8.90. The number of thiophene rings is 1. The number of hydrogen-bond donors (Lipinski definition) is 0. The van der Waals surface area contributed by atoms with Crippen LogP contribution in [-0.2, 0) is 17.1 Å². The molecule has 0 fully saturated rings. The van der Waals surface area contributed by atoms with E-state index in [-0.39, 0.29) is 17.1 Å². The SMILES string of the molecule is CC1=C(C)N(c2c(C)cc(C)cc2C)[CH]([Ru][c]2cccs2)N1c1c(C)cc(C)cc1C. The van der Waals surface area contributed by atoms with Gasteiger partial charge in [0.1, 0.15) is 0 Å². The number of rotatable bonds is 4. The second kappa shape index (κ2) is 8.56. The first-order chi connectivity index (χ1) is 14.7. The van der Waals surface area contributed by atoms with E-state index < -0.39 is 0 Å². The third-order valence-electron chi connectivity index (χ3n) is 6.08. The number of aryl methyl sites for hydroxylation is 6. The fourth-order valence-electron chi connectivity index (χ4n) is 4.92. The summed E-state index contributed by atoms with van der Waals surface area (Å²) >= 11 is 1.86. The normalized spacial score (nSPS) is 15.0. The van der Waals surface area contributed by atoms with Gasteiger partial charge in [-0.05, 0) is 0 Å². The second-order valence-corrected chi connectivity index (χ2v) is 12.6. The van der Waals surface area contributed by atoms with Gasteiger partial charge in [-0.15, -0.1) is 0 Å². The molecule has 4 rings (SSSR count). The van der Waals surface area contributed by atoms with Crippen molar-refractivity contribution in [3.63, 3.8) is 0 Å². The molecule has 0 atom stereocenters. The van der Waals surface area contributed by atoms with E-state index in [0.717, 1.165) is 0 Å². The molecule has 1 aliphatic heterocycles. The first-order valence-electron chi connectivity index (χ1n) is 10.7. The Labute approximate surface area is 199 Å². The van der Waals surface area contributed by atoms with Crippen molar-refractivity contribution >= 4 is 26.2 Å². The molecule has 0 radical (unpaired) electrons. The molecule has 1 aliphatic rings. The van der Waals surface area contributed by atoms with Crippen molar-refractivity contribution in [3.8, 4) is 0 Å². The van der Waals surface area contributed by atoms with Crippen molar-refractivity contribution in [2.45, 2.75) is 60.2 Å². The molecule has 0 spiro atoms. The molecule has 0 N–H and O–H groups in total. The Morgan fingerprint density at radius 1 is 0.677 bits per heavy atom. The van der Waals surface area contributed by atoms with Crippen molar-refractivity contribution in [3.05, 3.63) is 86.6 Å². The Morgan fingerprint density at radius 3 is 1.45 bits per heavy atom. The third kappa shape index (κ3) is 4.01. The molecule has 2 nitrogen and oxygen atoms in total. The van der Waals surface area contributed by atoms with Crippen LogP contribution >= 0.6 is 11.3 Å². The second-order valence-electron chi connectivity index (χ2n) is 8.71. The zero-order valence-electron chi connectivity index (χ0n) is 19.8. The average Bonchev–Trinajstić information content (AvgIpc) is 3.25. The molecule has 4 heteroatoms. The number of anilines is 2. The van der Waals surface area contributed by atoms with Crippen molar-refractivity contribution in [1.82, 2.24) is 0 Å². The Bertz CT molecular complexity index is 1040. The summed E-state index contributed by atoms with van der Waals surface area (Å²) in [5.74, 6) is 0. The number of benzene rings is 2. The van der Waals surface area contributed by atoms with E-state index in [2.05, 4.69) is 107 Å². The molecule has 0 amide bonds. The van der Waals surface area contributed by atoms with Gasteiger partial charge in [0.25, 0.3) is 0 Å². The van der Waals surface area contributed by atoms with Gasteiger partial charge in [0.2, 0.25) is 0 Å². The van der Waals surface area contributed by atoms with Gasteiger partial charge in [-0.3, -0.25) is 0 Å². The molecule has 2 aromatic carbocycles. The zero-order valence-corrected chi connectivity index (χ0v) is 22.3. The van der Waals surface area contributed by atoms with Gasteiger partial charge in [0.15, 0.2) is 0 Å². The molecule has 31 heavy (non-hydrogen) atoms. The van der Waals surface area contributed by atoms with Gasteiger partial charge in [-0.2, -0.15) is 0 Å². The zero-order chi connectivity index (χ0) is 22.4. The molecule has 0 saturated heterocycles. The maximum atomic E-state index is 2.64. The van der Waals surface area contributed by atoms with Crippen LogP contribution in [0.5, 0.6) is 0 Å². The molecule has 1 aromatic heterocycles. The Hall–Kier alpha value is -1.90. The monoisotopic (exact) mass is 518 g/mol. The topological polar surface area (TPSA) is 6.48 Å². The first kappa shape index (κ1) is 22.3. The van der Waals surface area contributed by atoms with E-state index >= 15 is 0 Å². The molecular weight excluding hydrogens is 485 g/mol. The van der Waals surface area contributed by atoms with Crippen LogP contribution in [0, 0.1) is 41.5 Å². The van der Waals surface area contributed by atoms with E-state index in [1.807, 2.05) is 11.3 Å². The summed E-state index contributed by atoms with van der Waals surface area (Å²) in [6.45, 7) is 18.1. The van der Waals surface area contributed by atoms with E-state index in [1.165, 1.54) is 59.6 Å². The molecule has 2 heterocycles. The summed E-state index contributed by atoms with van der Waals surface area (Å²) in [5, 5.41) is 2.21. The Morgan fingerprint density at radius 2 is 1.10 bits per heavy atom. The van der Waals surface area contributed by atoms with Crippen LogP contribution in [0.15, 0.2) is 53.2 Å². The summed E-state index contributed by atoms with van der Waals surface area (Å²) in [7, 11) is 0. The van der Waals surface area contributed by atoms with Crippen LogP contribution in [0.4, 0.5) is 11.4 Å². The predicted molar refractivity (Wildman–Crippen MR) is 132 cm³/mol. The van der Waals surface area contributed by atoms with Gasteiger partial charge in [0.05, 0.1) is 0 Å². The summed E-state index contributed by atoms with van der Waals surface area (Å²) in [6, 6.07) is 13.8.